The predicted octanol–water partition coefficient (Wildman–Crippen LogP) is 2.99. The number of hydrogen-bond donors (Lipinski definition) is 2. The smallest absolute Gasteiger partial charge is 0.0374 e. The van der Waals surface area contributed by atoms with E-state index < -0.39 is 0 Å². The fourth-order valence-corrected chi connectivity index (χ4v) is 2.49. The van der Waals surface area contributed by atoms with Crippen LogP contribution in [-0.4, -0.2) is 12.1 Å². The Hall–Kier alpha value is -1.02. The maximum Gasteiger partial charge on any atom is 0.0374 e. The third kappa shape index (κ3) is 2.56. The fourth-order valence-electron chi connectivity index (χ4n) is 2.49. The van der Waals surface area contributed by atoms with Crippen LogP contribution in [0, 0.1) is 13.8 Å². The van der Waals surface area contributed by atoms with E-state index in [2.05, 4.69) is 37.4 Å². The van der Waals surface area contributed by atoms with E-state index in [9.17, 15) is 0 Å². The van der Waals surface area contributed by atoms with Crippen molar-refractivity contribution < 1.29 is 0 Å². The van der Waals surface area contributed by atoms with Crippen molar-refractivity contribution in [2.75, 3.05) is 5.32 Å². The SMILES string of the molecule is Cc1cccc(NC2CCCC(N)C2)c1C. The second-order valence-corrected chi connectivity index (χ2v) is 5.02. The standard InChI is InChI=1S/C14H22N2/c1-10-5-3-8-14(11(10)2)16-13-7-4-6-12(15)9-13/h3,5,8,12-13,16H,4,6-7,9,15H2,1-2H3. The van der Waals surface area contributed by atoms with Gasteiger partial charge in [-0.2, -0.15) is 0 Å². The summed E-state index contributed by atoms with van der Waals surface area (Å²) < 4.78 is 0. The van der Waals surface area contributed by atoms with Gasteiger partial charge in [0.2, 0.25) is 0 Å². The van der Waals surface area contributed by atoms with E-state index in [0.717, 1.165) is 6.42 Å². The van der Waals surface area contributed by atoms with E-state index in [1.54, 1.807) is 0 Å². The number of nitrogens with two attached hydrogens (primary N) is 1. The lowest BCUT2D eigenvalue weighted by atomic mass is 9.91. The average Bonchev–Trinajstić information content (AvgIpc) is 2.25. The first-order valence-electron chi connectivity index (χ1n) is 6.25. The van der Waals surface area contributed by atoms with Crippen LogP contribution in [0.1, 0.15) is 36.8 Å². The van der Waals surface area contributed by atoms with Crippen LogP contribution in [0.5, 0.6) is 0 Å². The molecule has 0 heterocycles. The Balaban J connectivity index is 2.05. The lowest BCUT2D eigenvalue weighted by Crippen LogP contribution is -2.35. The van der Waals surface area contributed by atoms with Gasteiger partial charge in [0.05, 0.1) is 0 Å². The summed E-state index contributed by atoms with van der Waals surface area (Å²) in [6, 6.07) is 7.39. The quantitative estimate of drug-likeness (QED) is 0.801. The summed E-state index contributed by atoms with van der Waals surface area (Å²) in [5, 5.41) is 3.64. The van der Waals surface area contributed by atoms with Crippen molar-refractivity contribution in [1.29, 1.82) is 0 Å². The molecule has 1 aromatic rings. The number of nitrogens with one attached hydrogen (secondary N) is 1. The van der Waals surface area contributed by atoms with Gasteiger partial charge in [-0.05, 0) is 56.7 Å². The number of hydrogen-bond acceptors (Lipinski definition) is 2. The zero-order valence-corrected chi connectivity index (χ0v) is 10.3. The van der Waals surface area contributed by atoms with E-state index in [-0.39, 0.29) is 0 Å². The highest BCUT2D eigenvalue weighted by Gasteiger charge is 2.19. The van der Waals surface area contributed by atoms with Crippen LogP contribution in [0.2, 0.25) is 0 Å². The second kappa shape index (κ2) is 4.88. The first kappa shape index (κ1) is 11.5. The second-order valence-electron chi connectivity index (χ2n) is 5.02. The topological polar surface area (TPSA) is 38.0 Å². The van der Waals surface area contributed by atoms with Gasteiger partial charge in [0.1, 0.15) is 0 Å². The molecule has 2 rings (SSSR count). The zero-order valence-electron chi connectivity index (χ0n) is 10.3. The predicted molar refractivity (Wildman–Crippen MR) is 69.8 cm³/mol. The highest BCUT2D eigenvalue weighted by atomic mass is 14.9. The van der Waals surface area contributed by atoms with Gasteiger partial charge in [0.25, 0.3) is 0 Å². The molecule has 0 amide bonds. The zero-order chi connectivity index (χ0) is 11.5. The van der Waals surface area contributed by atoms with E-state index in [4.69, 9.17) is 5.73 Å². The van der Waals surface area contributed by atoms with Crippen LogP contribution in [0.15, 0.2) is 18.2 Å². The molecule has 0 aliphatic heterocycles. The number of aryl methyl sites for hydroxylation is 1. The third-order valence-electron chi connectivity index (χ3n) is 3.68. The summed E-state index contributed by atoms with van der Waals surface area (Å²) >= 11 is 0. The number of benzene rings is 1. The average molecular weight is 218 g/mol. The van der Waals surface area contributed by atoms with E-state index in [1.807, 2.05) is 0 Å². The molecule has 1 aliphatic carbocycles. The van der Waals surface area contributed by atoms with Gasteiger partial charge in [0, 0.05) is 17.8 Å². The fraction of sp³-hybridized carbons (Fsp3) is 0.571. The lowest BCUT2D eigenvalue weighted by Gasteiger charge is -2.29. The van der Waals surface area contributed by atoms with Crippen molar-refractivity contribution in [3.05, 3.63) is 29.3 Å². The van der Waals surface area contributed by atoms with Crippen LogP contribution >= 0.6 is 0 Å². The summed E-state index contributed by atoms with van der Waals surface area (Å²) in [5.41, 5.74) is 10.00. The molecule has 1 aromatic carbocycles. The number of anilines is 1. The van der Waals surface area contributed by atoms with Crippen LogP contribution in [0.25, 0.3) is 0 Å². The Morgan fingerprint density at radius 3 is 2.81 bits per heavy atom. The number of rotatable bonds is 2. The molecule has 2 nitrogen and oxygen atoms in total. The molecular weight excluding hydrogens is 196 g/mol. The molecule has 0 spiro atoms. The van der Waals surface area contributed by atoms with Crippen molar-refractivity contribution in [1.82, 2.24) is 0 Å². The molecule has 0 bridgehead atoms. The molecule has 3 N–H and O–H groups in total. The summed E-state index contributed by atoms with van der Waals surface area (Å²) in [6.45, 7) is 4.34. The van der Waals surface area contributed by atoms with Gasteiger partial charge in [0.15, 0.2) is 0 Å². The summed E-state index contributed by atoms with van der Waals surface area (Å²) in [4.78, 5) is 0. The highest BCUT2D eigenvalue weighted by molar-refractivity contribution is 5.54. The first-order chi connectivity index (χ1) is 7.66. The van der Waals surface area contributed by atoms with Gasteiger partial charge >= 0.3 is 0 Å². The van der Waals surface area contributed by atoms with Gasteiger partial charge in [-0.3, -0.25) is 0 Å². The molecular formula is C14H22N2. The van der Waals surface area contributed by atoms with Crippen LogP contribution in [0.3, 0.4) is 0 Å². The van der Waals surface area contributed by atoms with Crippen molar-refractivity contribution in [2.45, 2.75) is 51.6 Å². The summed E-state index contributed by atoms with van der Waals surface area (Å²) in [6.07, 6.45) is 4.79. The van der Waals surface area contributed by atoms with Crippen molar-refractivity contribution >= 4 is 5.69 Å². The van der Waals surface area contributed by atoms with E-state index >= 15 is 0 Å². The van der Waals surface area contributed by atoms with Gasteiger partial charge in [-0.15, -0.1) is 0 Å². The monoisotopic (exact) mass is 218 g/mol. The molecule has 2 unspecified atom stereocenters. The first-order valence-corrected chi connectivity index (χ1v) is 6.25. The molecule has 88 valence electrons. The third-order valence-corrected chi connectivity index (χ3v) is 3.68. The Kier molecular flexibility index (Phi) is 3.49. The van der Waals surface area contributed by atoms with Crippen LogP contribution in [-0.2, 0) is 0 Å². The van der Waals surface area contributed by atoms with Crippen molar-refractivity contribution in [3.8, 4) is 0 Å². The van der Waals surface area contributed by atoms with Crippen molar-refractivity contribution in [2.24, 2.45) is 5.73 Å². The molecule has 0 aromatic heterocycles. The molecule has 1 aliphatic rings. The minimum Gasteiger partial charge on any atom is -0.382 e. The Morgan fingerprint density at radius 1 is 1.25 bits per heavy atom. The van der Waals surface area contributed by atoms with Crippen molar-refractivity contribution in [3.63, 3.8) is 0 Å². The Morgan fingerprint density at radius 2 is 2.06 bits per heavy atom. The molecule has 2 heteroatoms. The summed E-state index contributed by atoms with van der Waals surface area (Å²) in [7, 11) is 0. The van der Waals surface area contributed by atoms with Gasteiger partial charge in [-0.25, -0.2) is 0 Å². The Bertz CT molecular complexity index is 360. The molecule has 0 saturated heterocycles. The van der Waals surface area contributed by atoms with E-state index in [0.29, 0.717) is 12.1 Å². The normalized spacial score (nSPS) is 25.4. The molecule has 2 atom stereocenters. The Labute approximate surface area is 98.2 Å². The minimum absolute atomic E-state index is 0.386. The summed E-state index contributed by atoms with van der Waals surface area (Å²) in [5.74, 6) is 0. The largest absolute Gasteiger partial charge is 0.382 e. The minimum atomic E-state index is 0.386. The molecule has 1 saturated carbocycles. The van der Waals surface area contributed by atoms with Gasteiger partial charge in [-0.1, -0.05) is 12.1 Å². The van der Waals surface area contributed by atoms with Crippen LogP contribution < -0.4 is 11.1 Å². The molecule has 0 radical (unpaired) electrons. The molecule has 16 heavy (non-hydrogen) atoms. The lowest BCUT2D eigenvalue weighted by molar-refractivity contribution is 0.409. The van der Waals surface area contributed by atoms with Gasteiger partial charge < -0.3 is 11.1 Å². The van der Waals surface area contributed by atoms with E-state index in [1.165, 1.54) is 36.1 Å². The maximum atomic E-state index is 6.01. The van der Waals surface area contributed by atoms with Crippen LogP contribution in [0.4, 0.5) is 5.69 Å². The molecule has 1 fully saturated rings. The highest BCUT2D eigenvalue weighted by Crippen LogP contribution is 2.24. The maximum absolute atomic E-state index is 6.01.